The van der Waals surface area contributed by atoms with Gasteiger partial charge in [0.1, 0.15) is 0 Å². The van der Waals surface area contributed by atoms with Crippen LogP contribution in [0.1, 0.15) is 49.4 Å². The zero-order valence-electron chi connectivity index (χ0n) is 10.6. The van der Waals surface area contributed by atoms with E-state index in [1.54, 1.807) is 23.9 Å². The molecular weight excluding hydrogens is 312 g/mol. The van der Waals surface area contributed by atoms with Gasteiger partial charge in [-0.05, 0) is 30.4 Å². The van der Waals surface area contributed by atoms with Gasteiger partial charge in [-0.2, -0.15) is 0 Å². The number of thioether (sulfide) groups is 1. The molecule has 0 aromatic heterocycles. The number of aromatic carboxylic acids is 1. The summed E-state index contributed by atoms with van der Waals surface area (Å²) in [5.74, 6) is 0.136. The van der Waals surface area contributed by atoms with Crippen molar-refractivity contribution in [2.75, 3.05) is 5.75 Å². The molecule has 0 fully saturated rings. The highest BCUT2D eigenvalue weighted by atomic mass is 79.9. The number of hydrogen-bond donors (Lipinski definition) is 1. The Balaban J connectivity index is 2.45. The van der Waals surface area contributed by atoms with E-state index in [2.05, 4.69) is 22.9 Å². The summed E-state index contributed by atoms with van der Waals surface area (Å²) < 4.78 is 0.931. The van der Waals surface area contributed by atoms with Gasteiger partial charge in [-0.25, -0.2) is 4.79 Å². The average Bonchev–Trinajstić information content (AvgIpc) is 2.33. The van der Waals surface area contributed by atoms with Crippen molar-refractivity contribution in [2.45, 2.75) is 43.9 Å². The van der Waals surface area contributed by atoms with Crippen LogP contribution in [0.3, 0.4) is 0 Å². The number of halogens is 1. The van der Waals surface area contributed by atoms with Crippen LogP contribution in [0.15, 0.2) is 27.6 Å². The third kappa shape index (κ3) is 5.44. The third-order valence-corrected chi connectivity index (χ3v) is 4.31. The van der Waals surface area contributed by atoms with Gasteiger partial charge in [0, 0.05) is 9.37 Å². The standard InChI is InChI=1S/C14H19BrO2S/c1-2-3-4-5-6-9-18-13-10-11(15)7-8-12(13)14(16)17/h7-8,10H,2-6,9H2,1H3,(H,16,17). The fourth-order valence-corrected chi connectivity index (χ4v) is 3.28. The Labute approximate surface area is 121 Å². The first-order valence-corrected chi connectivity index (χ1v) is 8.08. The number of carboxylic acid groups (broad SMARTS) is 1. The Hall–Kier alpha value is -0.480. The van der Waals surface area contributed by atoms with E-state index in [0.29, 0.717) is 5.56 Å². The van der Waals surface area contributed by atoms with Gasteiger partial charge in [-0.15, -0.1) is 11.8 Å². The van der Waals surface area contributed by atoms with Crippen molar-refractivity contribution in [3.05, 3.63) is 28.2 Å². The van der Waals surface area contributed by atoms with E-state index in [-0.39, 0.29) is 0 Å². The lowest BCUT2D eigenvalue weighted by Gasteiger charge is -2.06. The van der Waals surface area contributed by atoms with Crippen molar-refractivity contribution in [3.63, 3.8) is 0 Å². The van der Waals surface area contributed by atoms with E-state index in [0.717, 1.165) is 21.5 Å². The third-order valence-electron chi connectivity index (χ3n) is 2.68. The summed E-state index contributed by atoms with van der Waals surface area (Å²) in [4.78, 5) is 11.9. The Morgan fingerprint density at radius 2 is 2.00 bits per heavy atom. The molecule has 0 unspecified atom stereocenters. The van der Waals surface area contributed by atoms with Gasteiger partial charge in [0.2, 0.25) is 0 Å². The molecule has 100 valence electrons. The molecule has 1 aromatic carbocycles. The quantitative estimate of drug-likeness (QED) is 0.525. The van der Waals surface area contributed by atoms with Gasteiger partial charge in [-0.3, -0.25) is 0 Å². The van der Waals surface area contributed by atoms with E-state index in [1.807, 2.05) is 6.07 Å². The molecule has 1 aromatic rings. The second-order valence-corrected chi connectivity index (χ2v) is 6.26. The SMILES string of the molecule is CCCCCCCSc1cc(Br)ccc1C(=O)O. The molecular formula is C14H19BrO2S. The molecule has 0 bridgehead atoms. The lowest BCUT2D eigenvalue weighted by molar-refractivity contribution is 0.0693. The Morgan fingerprint density at radius 1 is 1.28 bits per heavy atom. The smallest absolute Gasteiger partial charge is 0.336 e. The molecule has 0 aliphatic heterocycles. The summed E-state index contributed by atoms with van der Waals surface area (Å²) in [7, 11) is 0. The minimum atomic E-state index is -0.851. The van der Waals surface area contributed by atoms with E-state index < -0.39 is 5.97 Å². The van der Waals surface area contributed by atoms with Crippen molar-refractivity contribution in [2.24, 2.45) is 0 Å². The first-order valence-electron chi connectivity index (χ1n) is 6.30. The minimum absolute atomic E-state index is 0.400. The van der Waals surface area contributed by atoms with Crippen LogP contribution in [0.5, 0.6) is 0 Å². The number of carboxylic acids is 1. The van der Waals surface area contributed by atoms with E-state index >= 15 is 0 Å². The number of hydrogen-bond acceptors (Lipinski definition) is 2. The topological polar surface area (TPSA) is 37.3 Å². The normalized spacial score (nSPS) is 10.6. The molecule has 0 aliphatic rings. The van der Waals surface area contributed by atoms with Crippen LogP contribution >= 0.6 is 27.7 Å². The molecule has 0 amide bonds. The lowest BCUT2D eigenvalue weighted by Crippen LogP contribution is -1.99. The number of benzene rings is 1. The number of rotatable bonds is 8. The maximum atomic E-state index is 11.1. The van der Waals surface area contributed by atoms with Gasteiger partial charge in [-0.1, -0.05) is 48.5 Å². The van der Waals surface area contributed by atoms with Gasteiger partial charge in [0.05, 0.1) is 5.56 Å². The van der Waals surface area contributed by atoms with Crippen LogP contribution < -0.4 is 0 Å². The minimum Gasteiger partial charge on any atom is -0.478 e. The summed E-state index contributed by atoms with van der Waals surface area (Å²) in [6.07, 6.45) is 6.21. The number of carbonyl (C=O) groups is 1. The summed E-state index contributed by atoms with van der Waals surface area (Å²) in [5, 5.41) is 9.10. The molecule has 0 radical (unpaired) electrons. The second kappa shape index (κ2) is 8.59. The molecule has 4 heteroatoms. The van der Waals surface area contributed by atoms with Crippen molar-refractivity contribution in [3.8, 4) is 0 Å². The molecule has 0 aliphatic carbocycles. The summed E-state index contributed by atoms with van der Waals surface area (Å²) in [6.45, 7) is 2.20. The fourth-order valence-electron chi connectivity index (χ4n) is 1.68. The van der Waals surface area contributed by atoms with Crippen LogP contribution in [0.25, 0.3) is 0 Å². The number of unbranched alkanes of at least 4 members (excludes halogenated alkanes) is 4. The predicted octanol–water partition coefficient (Wildman–Crippen LogP) is 5.21. The average molecular weight is 331 g/mol. The molecule has 1 N–H and O–H groups in total. The maximum absolute atomic E-state index is 11.1. The van der Waals surface area contributed by atoms with E-state index in [4.69, 9.17) is 5.11 Å². The van der Waals surface area contributed by atoms with Crippen molar-refractivity contribution in [1.82, 2.24) is 0 Å². The highest BCUT2D eigenvalue weighted by molar-refractivity contribution is 9.10. The molecule has 18 heavy (non-hydrogen) atoms. The lowest BCUT2D eigenvalue weighted by atomic mass is 10.2. The first-order chi connectivity index (χ1) is 8.65. The zero-order valence-corrected chi connectivity index (χ0v) is 13.0. The zero-order chi connectivity index (χ0) is 13.4. The van der Waals surface area contributed by atoms with Crippen LogP contribution in [-0.4, -0.2) is 16.8 Å². The van der Waals surface area contributed by atoms with E-state index in [9.17, 15) is 4.79 Å². The predicted molar refractivity (Wildman–Crippen MR) is 80.6 cm³/mol. The molecule has 0 heterocycles. The Kier molecular flexibility index (Phi) is 7.44. The van der Waals surface area contributed by atoms with E-state index in [1.165, 1.54) is 25.7 Å². The van der Waals surface area contributed by atoms with Crippen LogP contribution in [0.4, 0.5) is 0 Å². The molecule has 0 saturated heterocycles. The maximum Gasteiger partial charge on any atom is 0.336 e. The molecule has 1 rings (SSSR count). The molecule has 0 atom stereocenters. The highest BCUT2D eigenvalue weighted by Crippen LogP contribution is 2.27. The van der Waals surface area contributed by atoms with Gasteiger partial charge in [0.15, 0.2) is 0 Å². The van der Waals surface area contributed by atoms with Crippen molar-refractivity contribution < 1.29 is 9.90 Å². The van der Waals surface area contributed by atoms with Crippen LogP contribution in [0, 0.1) is 0 Å². The van der Waals surface area contributed by atoms with Gasteiger partial charge < -0.3 is 5.11 Å². The fraction of sp³-hybridized carbons (Fsp3) is 0.500. The summed E-state index contributed by atoms with van der Waals surface area (Å²) in [5.41, 5.74) is 0.400. The van der Waals surface area contributed by atoms with Crippen LogP contribution in [-0.2, 0) is 0 Å². The van der Waals surface area contributed by atoms with Crippen molar-refractivity contribution >= 4 is 33.7 Å². The van der Waals surface area contributed by atoms with Crippen molar-refractivity contribution in [1.29, 1.82) is 0 Å². The molecule has 0 saturated carbocycles. The molecule has 0 spiro atoms. The second-order valence-electron chi connectivity index (χ2n) is 4.21. The summed E-state index contributed by atoms with van der Waals surface area (Å²) in [6, 6.07) is 5.32. The Bertz CT molecular complexity index is 393. The summed E-state index contributed by atoms with van der Waals surface area (Å²) >= 11 is 5.02. The van der Waals surface area contributed by atoms with Crippen LogP contribution in [0.2, 0.25) is 0 Å². The molecule has 2 nitrogen and oxygen atoms in total. The Morgan fingerprint density at radius 3 is 2.67 bits per heavy atom. The van der Waals surface area contributed by atoms with Gasteiger partial charge >= 0.3 is 5.97 Å². The largest absolute Gasteiger partial charge is 0.478 e. The first kappa shape index (κ1) is 15.6. The van der Waals surface area contributed by atoms with Gasteiger partial charge in [0.25, 0.3) is 0 Å². The monoisotopic (exact) mass is 330 g/mol. The highest BCUT2D eigenvalue weighted by Gasteiger charge is 2.10.